The molecular formula is C9H11F9. The average molecular weight is 290 g/mol. The molecule has 6 atom stereocenters. The number of halogens is 9. The largest absolute Gasteiger partial charge is 0.272 e. The van der Waals surface area contributed by atoms with E-state index in [2.05, 4.69) is 0 Å². The van der Waals surface area contributed by atoms with E-state index >= 15 is 0 Å². The Balaban J connectivity index is 4.52. The molecule has 0 spiro atoms. The predicted molar refractivity (Wildman–Crippen MR) is 46.0 cm³/mol. The molecule has 0 rings (SSSR count). The van der Waals surface area contributed by atoms with E-state index in [1.165, 1.54) is 0 Å². The molecule has 0 aliphatic carbocycles. The van der Waals surface area contributed by atoms with Crippen molar-refractivity contribution in [3.8, 4) is 0 Å². The molecular weight excluding hydrogens is 279 g/mol. The van der Waals surface area contributed by atoms with Crippen LogP contribution in [0.5, 0.6) is 0 Å². The Morgan fingerprint density at radius 1 is 0.556 bits per heavy atom. The Kier molecular flexibility index (Phi) is 7.46. The van der Waals surface area contributed by atoms with Gasteiger partial charge >= 0.3 is 0 Å². The van der Waals surface area contributed by atoms with E-state index < -0.39 is 56.6 Å². The maximum atomic E-state index is 12.9. The van der Waals surface area contributed by atoms with Gasteiger partial charge < -0.3 is 0 Å². The first kappa shape index (κ1) is 17.4. The van der Waals surface area contributed by atoms with E-state index in [1.54, 1.807) is 0 Å². The van der Waals surface area contributed by atoms with Gasteiger partial charge in [0.25, 0.3) is 6.43 Å². The van der Waals surface area contributed by atoms with Gasteiger partial charge in [0.05, 0.1) is 6.67 Å². The van der Waals surface area contributed by atoms with Crippen LogP contribution in [0, 0.1) is 0 Å². The maximum absolute atomic E-state index is 12.9. The fourth-order valence-electron chi connectivity index (χ4n) is 1.13. The standard InChI is InChI=1S/C9H11F9/c10-2-1-3(11)4(12)5(13)6(14)7(15)8(16)9(17)18/h3-9H,1-2H2. The lowest BCUT2D eigenvalue weighted by Crippen LogP contribution is -2.44. The summed E-state index contributed by atoms with van der Waals surface area (Å²) in [7, 11) is 0. The quantitative estimate of drug-likeness (QED) is 0.599. The van der Waals surface area contributed by atoms with Gasteiger partial charge in [-0.3, -0.25) is 4.39 Å². The summed E-state index contributed by atoms with van der Waals surface area (Å²) in [4.78, 5) is 0. The summed E-state index contributed by atoms with van der Waals surface area (Å²) < 4.78 is 111. The van der Waals surface area contributed by atoms with Crippen molar-refractivity contribution in [3.05, 3.63) is 0 Å². The minimum atomic E-state index is -3.92. The molecule has 0 heterocycles. The lowest BCUT2D eigenvalue weighted by atomic mass is 10.0. The summed E-state index contributed by atoms with van der Waals surface area (Å²) in [6.07, 6.45) is -25.4. The van der Waals surface area contributed by atoms with Gasteiger partial charge in [0, 0.05) is 6.42 Å². The van der Waals surface area contributed by atoms with Crippen molar-refractivity contribution < 1.29 is 39.5 Å². The van der Waals surface area contributed by atoms with E-state index in [0.29, 0.717) is 0 Å². The van der Waals surface area contributed by atoms with Crippen molar-refractivity contribution in [3.63, 3.8) is 0 Å². The van der Waals surface area contributed by atoms with Crippen LogP contribution in [-0.4, -0.2) is 50.1 Å². The summed E-state index contributed by atoms with van der Waals surface area (Å²) in [5.74, 6) is 0. The highest BCUT2D eigenvalue weighted by molar-refractivity contribution is 4.89. The Bertz CT molecular complexity index is 224. The summed E-state index contributed by atoms with van der Waals surface area (Å²) >= 11 is 0. The van der Waals surface area contributed by atoms with E-state index in [0.717, 1.165) is 0 Å². The van der Waals surface area contributed by atoms with Crippen molar-refractivity contribution in [2.45, 2.75) is 49.9 Å². The first-order valence-electron chi connectivity index (χ1n) is 4.92. The van der Waals surface area contributed by atoms with Gasteiger partial charge in [0.2, 0.25) is 0 Å². The predicted octanol–water partition coefficient (Wildman–Crippen LogP) is 3.64. The van der Waals surface area contributed by atoms with Crippen LogP contribution in [0.15, 0.2) is 0 Å². The van der Waals surface area contributed by atoms with E-state index in [1.807, 2.05) is 0 Å². The molecule has 0 amide bonds. The van der Waals surface area contributed by atoms with Gasteiger partial charge in [-0.15, -0.1) is 0 Å². The lowest BCUT2D eigenvalue weighted by molar-refractivity contribution is -0.0598. The van der Waals surface area contributed by atoms with Crippen LogP contribution in [0.2, 0.25) is 0 Å². The number of hydrogen-bond donors (Lipinski definition) is 0. The molecule has 0 saturated carbocycles. The second-order valence-corrected chi connectivity index (χ2v) is 3.55. The average Bonchev–Trinajstić information content (AvgIpc) is 2.34. The van der Waals surface area contributed by atoms with E-state index in [4.69, 9.17) is 0 Å². The van der Waals surface area contributed by atoms with Crippen molar-refractivity contribution in [2.24, 2.45) is 0 Å². The first-order chi connectivity index (χ1) is 8.23. The zero-order valence-corrected chi connectivity index (χ0v) is 8.86. The topological polar surface area (TPSA) is 0 Å². The fourth-order valence-corrected chi connectivity index (χ4v) is 1.13. The molecule has 0 aromatic heterocycles. The molecule has 0 radical (unpaired) electrons. The molecule has 9 heteroatoms. The fraction of sp³-hybridized carbons (Fsp3) is 1.00. The van der Waals surface area contributed by atoms with Gasteiger partial charge in [0.15, 0.2) is 30.9 Å². The molecule has 110 valence electrons. The Labute approximate surface area is 97.1 Å². The van der Waals surface area contributed by atoms with Gasteiger partial charge in [-0.2, -0.15) is 0 Å². The Hall–Kier alpha value is -0.630. The summed E-state index contributed by atoms with van der Waals surface area (Å²) in [6.45, 7) is -1.37. The van der Waals surface area contributed by atoms with Gasteiger partial charge in [-0.05, 0) is 0 Å². The van der Waals surface area contributed by atoms with E-state index in [9.17, 15) is 39.5 Å². The van der Waals surface area contributed by atoms with Gasteiger partial charge in [0.1, 0.15) is 6.17 Å². The van der Waals surface area contributed by atoms with Crippen molar-refractivity contribution >= 4 is 0 Å². The highest BCUT2D eigenvalue weighted by Crippen LogP contribution is 2.26. The number of hydrogen-bond acceptors (Lipinski definition) is 0. The maximum Gasteiger partial charge on any atom is 0.272 e. The van der Waals surface area contributed by atoms with E-state index in [-0.39, 0.29) is 0 Å². The summed E-state index contributed by atoms with van der Waals surface area (Å²) in [5, 5.41) is 0. The molecule has 6 unspecified atom stereocenters. The smallest absolute Gasteiger partial charge is 0.251 e. The SMILES string of the molecule is FCCC(F)C(F)C(F)C(F)C(F)C(F)C(F)F. The third kappa shape index (κ3) is 4.56. The van der Waals surface area contributed by atoms with Crippen LogP contribution in [0.1, 0.15) is 6.42 Å². The van der Waals surface area contributed by atoms with Crippen LogP contribution in [0.25, 0.3) is 0 Å². The second kappa shape index (κ2) is 7.73. The summed E-state index contributed by atoms with van der Waals surface area (Å²) in [6, 6.07) is 0. The summed E-state index contributed by atoms with van der Waals surface area (Å²) in [5.41, 5.74) is 0. The molecule has 0 fully saturated rings. The molecule has 0 aromatic rings. The highest BCUT2D eigenvalue weighted by atomic mass is 19.3. The first-order valence-corrected chi connectivity index (χ1v) is 4.92. The van der Waals surface area contributed by atoms with Crippen molar-refractivity contribution in [1.29, 1.82) is 0 Å². The van der Waals surface area contributed by atoms with Crippen LogP contribution in [-0.2, 0) is 0 Å². The van der Waals surface area contributed by atoms with Crippen LogP contribution < -0.4 is 0 Å². The molecule has 0 saturated heterocycles. The molecule has 0 N–H and O–H groups in total. The second-order valence-electron chi connectivity index (χ2n) is 3.55. The van der Waals surface area contributed by atoms with Gasteiger partial charge in [-0.1, -0.05) is 0 Å². The monoisotopic (exact) mass is 290 g/mol. The van der Waals surface area contributed by atoms with Crippen LogP contribution in [0.4, 0.5) is 39.5 Å². The Morgan fingerprint density at radius 3 is 1.33 bits per heavy atom. The molecule has 0 aromatic carbocycles. The zero-order chi connectivity index (χ0) is 14.5. The Morgan fingerprint density at radius 2 is 0.944 bits per heavy atom. The molecule has 18 heavy (non-hydrogen) atoms. The van der Waals surface area contributed by atoms with Crippen molar-refractivity contribution in [1.82, 2.24) is 0 Å². The number of rotatable bonds is 8. The molecule has 0 aliphatic rings. The highest BCUT2D eigenvalue weighted by Gasteiger charge is 2.45. The number of alkyl halides is 9. The minimum absolute atomic E-state index is 1.10. The normalized spacial score (nSPS) is 22.3. The molecule has 0 nitrogen and oxygen atoms in total. The molecule has 0 bridgehead atoms. The van der Waals surface area contributed by atoms with Crippen LogP contribution >= 0.6 is 0 Å². The zero-order valence-electron chi connectivity index (χ0n) is 8.86. The van der Waals surface area contributed by atoms with Crippen molar-refractivity contribution in [2.75, 3.05) is 6.67 Å². The third-order valence-electron chi connectivity index (χ3n) is 2.19. The minimum Gasteiger partial charge on any atom is -0.251 e. The third-order valence-corrected chi connectivity index (χ3v) is 2.19. The molecule has 0 aliphatic heterocycles. The lowest BCUT2D eigenvalue weighted by Gasteiger charge is -2.23. The van der Waals surface area contributed by atoms with Gasteiger partial charge in [-0.25, -0.2) is 35.1 Å². The van der Waals surface area contributed by atoms with Crippen LogP contribution in [0.3, 0.4) is 0 Å².